The van der Waals surface area contributed by atoms with Crippen LogP contribution >= 0.6 is 11.3 Å². The summed E-state index contributed by atoms with van der Waals surface area (Å²) < 4.78 is 19.5. The summed E-state index contributed by atoms with van der Waals surface area (Å²) in [6, 6.07) is 8.29. The fraction of sp³-hybridized carbons (Fsp3) is 0.167. The SMILES string of the molecule is CCOc1ccc(-c2nc(C(=O)NCc3cccnc3)cs2)c(F)c1. The lowest BCUT2D eigenvalue weighted by Gasteiger charge is -2.05. The summed E-state index contributed by atoms with van der Waals surface area (Å²) in [6.07, 6.45) is 3.35. The van der Waals surface area contributed by atoms with Gasteiger partial charge in [0.05, 0.1) is 6.61 Å². The van der Waals surface area contributed by atoms with Crippen molar-refractivity contribution in [2.45, 2.75) is 13.5 Å². The van der Waals surface area contributed by atoms with E-state index in [0.29, 0.717) is 29.5 Å². The first kappa shape index (κ1) is 17.0. The van der Waals surface area contributed by atoms with Crippen LogP contribution in [0.4, 0.5) is 4.39 Å². The first-order valence-electron chi connectivity index (χ1n) is 7.72. The minimum Gasteiger partial charge on any atom is -0.494 e. The van der Waals surface area contributed by atoms with E-state index in [1.54, 1.807) is 36.0 Å². The van der Waals surface area contributed by atoms with Gasteiger partial charge in [0, 0.05) is 35.9 Å². The predicted molar refractivity (Wildman–Crippen MR) is 94.1 cm³/mol. The molecule has 5 nitrogen and oxygen atoms in total. The van der Waals surface area contributed by atoms with Crippen LogP contribution < -0.4 is 10.1 Å². The monoisotopic (exact) mass is 357 g/mol. The number of amides is 1. The Morgan fingerprint density at radius 1 is 1.36 bits per heavy atom. The maximum Gasteiger partial charge on any atom is 0.271 e. The average Bonchev–Trinajstić information content (AvgIpc) is 3.11. The molecule has 0 aliphatic carbocycles. The van der Waals surface area contributed by atoms with Crippen LogP contribution in [0.2, 0.25) is 0 Å². The fourth-order valence-electron chi connectivity index (χ4n) is 2.20. The summed E-state index contributed by atoms with van der Waals surface area (Å²) in [5, 5.41) is 4.84. The number of nitrogens with one attached hydrogen (secondary N) is 1. The Morgan fingerprint density at radius 3 is 2.96 bits per heavy atom. The highest BCUT2D eigenvalue weighted by atomic mass is 32.1. The molecular formula is C18H16FN3O2S. The normalized spacial score (nSPS) is 10.5. The number of thiazole rings is 1. The third-order valence-electron chi connectivity index (χ3n) is 3.39. The van der Waals surface area contributed by atoms with E-state index in [2.05, 4.69) is 15.3 Å². The fourth-order valence-corrected chi connectivity index (χ4v) is 3.03. The van der Waals surface area contributed by atoms with Gasteiger partial charge in [0.2, 0.25) is 0 Å². The van der Waals surface area contributed by atoms with E-state index in [9.17, 15) is 9.18 Å². The predicted octanol–water partition coefficient (Wildman–Crippen LogP) is 3.67. The summed E-state index contributed by atoms with van der Waals surface area (Å²) in [7, 11) is 0. The van der Waals surface area contributed by atoms with E-state index < -0.39 is 5.82 Å². The second kappa shape index (κ2) is 7.85. The zero-order chi connectivity index (χ0) is 17.6. The molecule has 2 aromatic heterocycles. The first-order chi connectivity index (χ1) is 12.2. The Kier molecular flexibility index (Phi) is 5.35. The van der Waals surface area contributed by atoms with Gasteiger partial charge in [-0.25, -0.2) is 9.37 Å². The molecule has 0 unspecified atom stereocenters. The van der Waals surface area contributed by atoms with Crippen LogP contribution in [0.15, 0.2) is 48.1 Å². The van der Waals surface area contributed by atoms with Crippen molar-refractivity contribution in [3.05, 3.63) is 65.2 Å². The molecule has 1 amide bonds. The van der Waals surface area contributed by atoms with Gasteiger partial charge in [-0.15, -0.1) is 11.3 Å². The number of carbonyl (C=O) groups is 1. The van der Waals surface area contributed by atoms with Crippen molar-refractivity contribution in [1.82, 2.24) is 15.3 Å². The quantitative estimate of drug-likeness (QED) is 0.731. The van der Waals surface area contributed by atoms with Gasteiger partial charge in [-0.05, 0) is 30.7 Å². The molecule has 0 radical (unpaired) electrons. The number of benzene rings is 1. The highest BCUT2D eigenvalue weighted by Crippen LogP contribution is 2.29. The molecule has 0 atom stereocenters. The third kappa shape index (κ3) is 4.19. The van der Waals surface area contributed by atoms with Gasteiger partial charge in [0.15, 0.2) is 0 Å². The van der Waals surface area contributed by atoms with E-state index in [-0.39, 0.29) is 11.6 Å². The van der Waals surface area contributed by atoms with Gasteiger partial charge in [0.1, 0.15) is 22.3 Å². The number of rotatable bonds is 6. The Hall–Kier alpha value is -2.80. The van der Waals surface area contributed by atoms with E-state index >= 15 is 0 Å². The lowest BCUT2D eigenvalue weighted by molar-refractivity contribution is 0.0946. The Morgan fingerprint density at radius 2 is 2.24 bits per heavy atom. The second-order valence-electron chi connectivity index (χ2n) is 5.16. The molecule has 3 rings (SSSR count). The van der Waals surface area contributed by atoms with E-state index in [0.717, 1.165) is 5.56 Å². The van der Waals surface area contributed by atoms with Crippen molar-refractivity contribution in [3.63, 3.8) is 0 Å². The number of nitrogens with zero attached hydrogens (tertiary/aromatic N) is 2. The molecule has 0 fully saturated rings. The van der Waals surface area contributed by atoms with Crippen molar-refractivity contribution < 1.29 is 13.9 Å². The van der Waals surface area contributed by atoms with Crippen LogP contribution in [0.1, 0.15) is 23.0 Å². The molecule has 1 N–H and O–H groups in total. The van der Waals surface area contributed by atoms with Crippen molar-refractivity contribution in [2.24, 2.45) is 0 Å². The van der Waals surface area contributed by atoms with Crippen molar-refractivity contribution in [3.8, 4) is 16.3 Å². The summed E-state index contributed by atoms with van der Waals surface area (Å²) in [5.74, 6) is -0.268. The molecule has 3 aromatic rings. The van der Waals surface area contributed by atoms with Gasteiger partial charge >= 0.3 is 0 Å². The average molecular weight is 357 g/mol. The number of hydrogen-bond donors (Lipinski definition) is 1. The lowest BCUT2D eigenvalue weighted by Crippen LogP contribution is -2.23. The number of carbonyl (C=O) groups excluding carboxylic acids is 1. The topological polar surface area (TPSA) is 64.1 Å². The van der Waals surface area contributed by atoms with E-state index in [1.807, 2.05) is 13.0 Å². The van der Waals surface area contributed by atoms with Crippen LogP contribution in [0.3, 0.4) is 0 Å². The van der Waals surface area contributed by atoms with Crippen LogP contribution in [-0.4, -0.2) is 22.5 Å². The Bertz CT molecular complexity index is 868. The lowest BCUT2D eigenvalue weighted by atomic mass is 10.2. The molecule has 128 valence electrons. The number of pyridine rings is 1. The van der Waals surface area contributed by atoms with Crippen LogP contribution in [0, 0.1) is 5.82 Å². The number of halogens is 1. The smallest absolute Gasteiger partial charge is 0.271 e. The second-order valence-corrected chi connectivity index (χ2v) is 6.01. The summed E-state index contributed by atoms with van der Waals surface area (Å²) in [4.78, 5) is 20.4. The zero-order valence-electron chi connectivity index (χ0n) is 13.5. The Balaban J connectivity index is 1.70. The molecule has 0 saturated carbocycles. The molecule has 0 saturated heterocycles. The maximum atomic E-state index is 14.2. The first-order valence-corrected chi connectivity index (χ1v) is 8.60. The van der Waals surface area contributed by atoms with Crippen LogP contribution in [0.25, 0.3) is 10.6 Å². The van der Waals surface area contributed by atoms with E-state index in [1.165, 1.54) is 17.4 Å². The molecule has 2 heterocycles. The highest BCUT2D eigenvalue weighted by molar-refractivity contribution is 7.13. The van der Waals surface area contributed by atoms with Gasteiger partial charge in [-0.2, -0.15) is 0 Å². The maximum absolute atomic E-state index is 14.2. The zero-order valence-corrected chi connectivity index (χ0v) is 14.3. The van der Waals surface area contributed by atoms with Gasteiger partial charge < -0.3 is 10.1 Å². The van der Waals surface area contributed by atoms with Crippen LogP contribution in [-0.2, 0) is 6.54 Å². The van der Waals surface area contributed by atoms with Crippen molar-refractivity contribution in [2.75, 3.05) is 6.61 Å². The molecule has 1 aromatic carbocycles. The summed E-state index contributed by atoms with van der Waals surface area (Å²) in [5.41, 5.74) is 1.50. The van der Waals surface area contributed by atoms with Gasteiger partial charge in [-0.3, -0.25) is 9.78 Å². The molecular weight excluding hydrogens is 341 g/mol. The minimum atomic E-state index is -0.428. The van der Waals surface area contributed by atoms with Crippen molar-refractivity contribution in [1.29, 1.82) is 0 Å². The minimum absolute atomic E-state index is 0.261. The molecule has 25 heavy (non-hydrogen) atoms. The summed E-state index contributed by atoms with van der Waals surface area (Å²) in [6.45, 7) is 2.66. The standard InChI is InChI=1S/C18H16FN3O2S/c1-2-24-13-5-6-14(15(19)8-13)18-22-16(11-25-18)17(23)21-10-12-4-3-7-20-9-12/h3-9,11H,2,10H2,1H3,(H,21,23). The number of hydrogen-bond acceptors (Lipinski definition) is 5. The van der Waals surface area contributed by atoms with Crippen molar-refractivity contribution >= 4 is 17.2 Å². The summed E-state index contributed by atoms with van der Waals surface area (Å²) >= 11 is 1.22. The molecule has 0 bridgehead atoms. The molecule has 0 aliphatic heterocycles. The molecule has 0 aliphatic rings. The number of aromatic nitrogens is 2. The van der Waals surface area contributed by atoms with E-state index in [4.69, 9.17) is 4.74 Å². The van der Waals surface area contributed by atoms with Gasteiger partial charge in [-0.1, -0.05) is 6.07 Å². The largest absolute Gasteiger partial charge is 0.494 e. The highest BCUT2D eigenvalue weighted by Gasteiger charge is 2.15. The van der Waals surface area contributed by atoms with Crippen LogP contribution in [0.5, 0.6) is 5.75 Å². The third-order valence-corrected chi connectivity index (χ3v) is 4.27. The molecule has 7 heteroatoms. The molecule has 0 spiro atoms. The van der Waals surface area contributed by atoms with Gasteiger partial charge in [0.25, 0.3) is 5.91 Å². The number of ether oxygens (including phenoxy) is 1. The Labute approximate surface area is 148 Å².